The van der Waals surface area contributed by atoms with Crippen LogP contribution in [0.2, 0.25) is 0 Å². The third-order valence-electron chi connectivity index (χ3n) is 3.32. The molecule has 0 saturated heterocycles. The predicted molar refractivity (Wildman–Crippen MR) is 75.0 cm³/mol. The van der Waals surface area contributed by atoms with Gasteiger partial charge in [-0.25, -0.2) is 4.98 Å². The molecule has 1 aromatic heterocycles. The highest BCUT2D eigenvalue weighted by molar-refractivity contribution is 7.99. The van der Waals surface area contributed by atoms with Crippen LogP contribution in [0.15, 0.2) is 22.2 Å². The molecule has 1 aliphatic rings. The van der Waals surface area contributed by atoms with Crippen molar-refractivity contribution in [3.8, 4) is 6.07 Å². The summed E-state index contributed by atoms with van der Waals surface area (Å²) in [5.74, 6) is 0. The molecule has 6 heteroatoms. The topological polar surface area (TPSA) is 81.6 Å². The van der Waals surface area contributed by atoms with Gasteiger partial charge >= 0.3 is 0 Å². The fraction of sp³-hybridized carbons (Fsp3) is 0.615. The number of nitrogens with zero attached hydrogens (tertiary/aromatic N) is 2. The summed E-state index contributed by atoms with van der Waals surface area (Å²) in [6.07, 6.45) is 5.16. The number of hydrogen-bond donors (Lipinski definition) is 2. The van der Waals surface area contributed by atoms with Gasteiger partial charge in [0.2, 0.25) is 0 Å². The SMILES string of the molecule is CCCNC1(C#N)CCC(Sc2nccc(=O)[nH]2)C1. The number of thioether (sulfide) groups is 1. The molecule has 0 spiro atoms. The first-order valence-corrected chi connectivity index (χ1v) is 7.44. The van der Waals surface area contributed by atoms with Crippen LogP contribution in [0.25, 0.3) is 0 Å². The number of aromatic amines is 1. The maximum absolute atomic E-state index is 11.2. The minimum absolute atomic E-state index is 0.133. The molecule has 5 nitrogen and oxygen atoms in total. The fourth-order valence-electron chi connectivity index (χ4n) is 2.34. The Bertz CT molecular complexity index is 524. The van der Waals surface area contributed by atoms with E-state index in [4.69, 9.17) is 0 Å². The Kier molecular flexibility index (Phi) is 4.61. The molecular weight excluding hydrogens is 260 g/mol. The molecule has 2 N–H and O–H groups in total. The van der Waals surface area contributed by atoms with Crippen LogP contribution in [-0.4, -0.2) is 27.3 Å². The zero-order valence-electron chi connectivity index (χ0n) is 11.0. The first kappa shape index (κ1) is 14.1. The largest absolute Gasteiger partial charge is 0.301 e. The Morgan fingerprint density at radius 1 is 1.74 bits per heavy atom. The summed E-state index contributed by atoms with van der Waals surface area (Å²) in [7, 11) is 0. The Morgan fingerprint density at radius 2 is 2.58 bits per heavy atom. The minimum atomic E-state index is -0.400. The van der Waals surface area contributed by atoms with Crippen LogP contribution >= 0.6 is 11.8 Å². The second kappa shape index (κ2) is 6.22. The van der Waals surface area contributed by atoms with Gasteiger partial charge in [0, 0.05) is 17.5 Å². The van der Waals surface area contributed by atoms with Crippen LogP contribution in [0, 0.1) is 11.3 Å². The zero-order chi connectivity index (χ0) is 13.7. The maximum Gasteiger partial charge on any atom is 0.251 e. The van der Waals surface area contributed by atoms with Crippen molar-refractivity contribution in [1.82, 2.24) is 15.3 Å². The smallest absolute Gasteiger partial charge is 0.251 e. The lowest BCUT2D eigenvalue weighted by atomic mass is 10.00. The van der Waals surface area contributed by atoms with Crippen molar-refractivity contribution >= 4 is 11.8 Å². The lowest BCUT2D eigenvalue weighted by Gasteiger charge is -2.22. The van der Waals surface area contributed by atoms with E-state index in [0.717, 1.165) is 32.2 Å². The molecule has 1 aliphatic carbocycles. The van der Waals surface area contributed by atoms with Gasteiger partial charge in [-0.3, -0.25) is 10.1 Å². The molecule has 0 amide bonds. The van der Waals surface area contributed by atoms with Crippen molar-refractivity contribution in [2.45, 2.75) is 48.6 Å². The van der Waals surface area contributed by atoms with E-state index in [1.165, 1.54) is 12.3 Å². The van der Waals surface area contributed by atoms with E-state index in [0.29, 0.717) is 10.4 Å². The summed E-state index contributed by atoms with van der Waals surface area (Å²) in [5.41, 5.74) is -0.533. The van der Waals surface area contributed by atoms with Gasteiger partial charge in [0.05, 0.1) is 6.07 Å². The van der Waals surface area contributed by atoms with Crippen molar-refractivity contribution in [3.05, 3.63) is 22.6 Å². The molecule has 0 aromatic carbocycles. The number of hydrogen-bond acceptors (Lipinski definition) is 5. The van der Waals surface area contributed by atoms with Gasteiger partial charge in [-0.2, -0.15) is 5.26 Å². The molecule has 1 fully saturated rings. The highest BCUT2D eigenvalue weighted by Gasteiger charge is 2.39. The Balaban J connectivity index is 1.98. The minimum Gasteiger partial charge on any atom is -0.301 e. The lowest BCUT2D eigenvalue weighted by molar-refractivity contribution is 0.424. The maximum atomic E-state index is 11.2. The first-order valence-electron chi connectivity index (χ1n) is 6.56. The molecule has 0 bridgehead atoms. The second-order valence-electron chi connectivity index (χ2n) is 4.84. The summed E-state index contributed by atoms with van der Waals surface area (Å²) in [6, 6.07) is 3.83. The molecule has 0 aliphatic heterocycles. The monoisotopic (exact) mass is 278 g/mol. The van der Waals surface area contributed by atoms with Gasteiger partial charge in [0.25, 0.3) is 5.56 Å². The molecule has 2 atom stereocenters. The van der Waals surface area contributed by atoms with Crippen molar-refractivity contribution in [2.75, 3.05) is 6.54 Å². The second-order valence-corrected chi connectivity index (χ2v) is 6.13. The Morgan fingerprint density at radius 3 is 3.26 bits per heavy atom. The summed E-state index contributed by atoms with van der Waals surface area (Å²) in [4.78, 5) is 18.1. The first-order chi connectivity index (χ1) is 9.17. The molecular formula is C13H18N4OS. The molecule has 2 rings (SSSR count). The molecule has 1 heterocycles. The summed E-state index contributed by atoms with van der Waals surface area (Å²) >= 11 is 1.56. The Labute approximate surface area is 116 Å². The fourth-order valence-corrected chi connectivity index (χ4v) is 3.54. The van der Waals surface area contributed by atoms with E-state index in [2.05, 4.69) is 28.3 Å². The van der Waals surface area contributed by atoms with Crippen LogP contribution < -0.4 is 10.9 Å². The molecule has 19 heavy (non-hydrogen) atoms. The molecule has 1 aromatic rings. The standard InChI is InChI=1S/C13H18N4OS/c1-2-6-16-13(9-14)5-3-10(8-13)19-12-15-7-4-11(18)17-12/h4,7,10,16H,2-3,5-6,8H2,1H3,(H,15,17,18). The predicted octanol–water partition coefficient (Wildman–Crippen LogP) is 1.68. The van der Waals surface area contributed by atoms with Gasteiger partial charge in [0.1, 0.15) is 5.54 Å². The third-order valence-corrected chi connectivity index (χ3v) is 4.49. The van der Waals surface area contributed by atoms with Crippen LogP contribution in [0.3, 0.4) is 0 Å². The summed E-state index contributed by atoms with van der Waals surface area (Å²) in [5, 5.41) is 13.7. The average molecular weight is 278 g/mol. The van der Waals surface area contributed by atoms with Gasteiger partial charge < -0.3 is 4.98 Å². The van der Waals surface area contributed by atoms with Crippen molar-refractivity contribution < 1.29 is 0 Å². The highest BCUT2D eigenvalue weighted by atomic mass is 32.2. The highest BCUT2D eigenvalue weighted by Crippen LogP contribution is 2.38. The third kappa shape index (κ3) is 3.58. The molecule has 102 valence electrons. The molecule has 0 radical (unpaired) electrons. The number of aromatic nitrogens is 2. The quantitative estimate of drug-likeness (QED) is 0.801. The van der Waals surface area contributed by atoms with Crippen molar-refractivity contribution in [1.29, 1.82) is 5.26 Å². The number of nitriles is 1. The van der Waals surface area contributed by atoms with Gasteiger partial charge in [-0.15, -0.1) is 0 Å². The number of rotatable bonds is 5. The van der Waals surface area contributed by atoms with Crippen molar-refractivity contribution in [2.24, 2.45) is 0 Å². The number of H-pyrrole nitrogens is 1. The lowest BCUT2D eigenvalue weighted by Crippen LogP contribution is -2.42. The average Bonchev–Trinajstić information content (AvgIpc) is 2.80. The van der Waals surface area contributed by atoms with Gasteiger partial charge in [-0.05, 0) is 32.2 Å². The summed E-state index contributed by atoms with van der Waals surface area (Å²) in [6.45, 7) is 2.96. The zero-order valence-corrected chi connectivity index (χ0v) is 11.8. The van der Waals surface area contributed by atoms with E-state index in [-0.39, 0.29) is 5.56 Å². The van der Waals surface area contributed by atoms with Gasteiger partial charge in [-0.1, -0.05) is 18.7 Å². The van der Waals surface area contributed by atoms with Crippen LogP contribution in [0.4, 0.5) is 0 Å². The Hall–Kier alpha value is -1.32. The normalized spacial score (nSPS) is 26.2. The van der Waals surface area contributed by atoms with Crippen LogP contribution in [-0.2, 0) is 0 Å². The molecule has 2 unspecified atom stereocenters. The van der Waals surface area contributed by atoms with E-state index in [1.54, 1.807) is 11.8 Å². The van der Waals surface area contributed by atoms with E-state index < -0.39 is 5.54 Å². The van der Waals surface area contributed by atoms with E-state index in [9.17, 15) is 10.1 Å². The van der Waals surface area contributed by atoms with Crippen LogP contribution in [0.1, 0.15) is 32.6 Å². The number of nitrogens with one attached hydrogen (secondary N) is 2. The van der Waals surface area contributed by atoms with E-state index in [1.807, 2.05) is 0 Å². The van der Waals surface area contributed by atoms with E-state index >= 15 is 0 Å². The molecule has 1 saturated carbocycles. The van der Waals surface area contributed by atoms with Crippen LogP contribution in [0.5, 0.6) is 0 Å². The van der Waals surface area contributed by atoms with Gasteiger partial charge in [0.15, 0.2) is 5.16 Å². The van der Waals surface area contributed by atoms with Crippen molar-refractivity contribution in [3.63, 3.8) is 0 Å². The summed E-state index contributed by atoms with van der Waals surface area (Å²) < 4.78 is 0.